The van der Waals surface area contributed by atoms with Crippen molar-refractivity contribution in [3.63, 3.8) is 0 Å². The van der Waals surface area contributed by atoms with Crippen molar-refractivity contribution in [1.29, 1.82) is 0 Å². The van der Waals surface area contributed by atoms with Crippen LogP contribution in [-0.4, -0.2) is 12.6 Å². The third-order valence-corrected chi connectivity index (χ3v) is 11.3. The van der Waals surface area contributed by atoms with Gasteiger partial charge in [-0.25, -0.2) is 0 Å². The highest BCUT2D eigenvalue weighted by molar-refractivity contribution is 7.01. The Morgan fingerprint density at radius 2 is 0.966 bits per heavy atom. The lowest BCUT2D eigenvalue weighted by Crippen LogP contribution is -2.61. The molecule has 0 bridgehead atoms. The minimum Gasteiger partial charge on any atom is -0.343 e. The third-order valence-electron chi connectivity index (χ3n) is 6.36. The molecule has 0 atom stereocenters. The summed E-state index contributed by atoms with van der Waals surface area (Å²) in [5, 5.41) is 5.72. The van der Waals surface area contributed by atoms with Crippen LogP contribution in [0.25, 0.3) is 21.8 Å². The van der Waals surface area contributed by atoms with Gasteiger partial charge in [-0.3, -0.25) is 0 Å². The number of benzene rings is 4. The lowest BCUT2D eigenvalue weighted by molar-refractivity contribution is 0.935. The van der Waals surface area contributed by atoms with Crippen molar-refractivity contribution in [1.82, 2.24) is 4.57 Å². The van der Waals surface area contributed by atoms with Gasteiger partial charge in [0, 0.05) is 28.0 Å². The Balaban J connectivity index is 1.79. The summed E-state index contributed by atoms with van der Waals surface area (Å²) in [6, 6.07) is 41.3. The minimum absolute atomic E-state index is 1.05. The van der Waals surface area contributed by atoms with E-state index >= 15 is 0 Å². The first-order valence-electron chi connectivity index (χ1n) is 10.4. The largest absolute Gasteiger partial charge is 0.343 e. The fourth-order valence-corrected chi connectivity index (χ4v) is 9.11. The Morgan fingerprint density at radius 3 is 1.41 bits per heavy atom. The van der Waals surface area contributed by atoms with Crippen LogP contribution in [0.3, 0.4) is 0 Å². The van der Waals surface area contributed by atoms with Crippen molar-refractivity contribution in [2.75, 3.05) is 0 Å². The molecule has 0 fully saturated rings. The van der Waals surface area contributed by atoms with E-state index < -0.39 is 8.07 Å². The summed E-state index contributed by atoms with van der Waals surface area (Å²) in [4.78, 5) is 0. The highest BCUT2D eigenvalue weighted by Gasteiger charge is 2.36. The zero-order valence-corrected chi connectivity index (χ0v) is 17.8. The Bertz CT molecular complexity index is 1160. The molecular formula is C27H25NSi. The maximum Gasteiger partial charge on any atom is 0.137 e. The van der Waals surface area contributed by atoms with E-state index in [1.165, 1.54) is 38.2 Å². The molecule has 0 saturated carbocycles. The van der Waals surface area contributed by atoms with E-state index in [1.54, 1.807) is 0 Å². The topological polar surface area (TPSA) is 4.93 Å². The maximum atomic E-state index is 2.58. The molecule has 2 heteroatoms. The molecular weight excluding hydrogens is 366 g/mol. The van der Waals surface area contributed by atoms with Crippen LogP contribution in [0, 0.1) is 0 Å². The van der Waals surface area contributed by atoms with Crippen LogP contribution in [-0.2, 0) is 6.17 Å². The average molecular weight is 392 g/mol. The lowest BCUT2D eigenvalue weighted by atomic mass is 10.2. The molecule has 0 aliphatic rings. The van der Waals surface area contributed by atoms with Crippen molar-refractivity contribution in [3.8, 4) is 0 Å². The SMILES string of the molecule is CC[Si](Cn1c2ccccc2c2ccccc21)(c1ccccc1)c1ccccc1. The zero-order valence-electron chi connectivity index (χ0n) is 16.8. The quantitative estimate of drug-likeness (QED) is 0.343. The first-order valence-corrected chi connectivity index (χ1v) is 12.8. The van der Waals surface area contributed by atoms with E-state index in [0.717, 1.165) is 6.17 Å². The molecule has 0 aliphatic heterocycles. The highest BCUT2D eigenvalue weighted by atomic mass is 28.3. The zero-order chi connectivity index (χ0) is 19.7. The van der Waals surface area contributed by atoms with Gasteiger partial charge in [0.2, 0.25) is 0 Å². The number of hydrogen-bond donors (Lipinski definition) is 0. The Kier molecular flexibility index (Phi) is 4.57. The van der Waals surface area contributed by atoms with Crippen LogP contribution < -0.4 is 10.4 Å². The van der Waals surface area contributed by atoms with Gasteiger partial charge < -0.3 is 4.57 Å². The first-order chi connectivity index (χ1) is 14.3. The van der Waals surface area contributed by atoms with E-state index in [0.29, 0.717) is 0 Å². The monoisotopic (exact) mass is 391 g/mol. The molecule has 0 saturated heterocycles. The van der Waals surface area contributed by atoms with Gasteiger partial charge in [-0.2, -0.15) is 0 Å². The second-order valence-corrected chi connectivity index (χ2v) is 12.1. The predicted molar refractivity (Wildman–Crippen MR) is 128 cm³/mol. The van der Waals surface area contributed by atoms with Gasteiger partial charge in [-0.15, -0.1) is 0 Å². The molecule has 5 aromatic rings. The van der Waals surface area contributed by atoms with Gasteiger partial charge in [-0.1, -0.05) is 120 Å². The second-order valence-electron chi connectivity index (χ2n) is 7.79. The Labute approximate surface area is 173 Å². The van der Waals surface area contributed by atoms with Gasteiger partial charge in [0.1, 0.15) is 8.07 Å². The van der Waals surface area contributed by atoms with Crippen molar-refractivity contribution in [2.45, 2.75) is 19.1 Å². The fourth-order valence-electron chi connectivity index (χ4n) is 4.83. The number of nitrogens with zero attached hydrogens (tertiary/aromatic N) is 1. The van der Waals surface area contributed by atoms with Gasteiger partial charge >= 0.3 is 0 Å². The Hall–Kier alpha value is -3.10. The summed E-state index contributed by atoms with van der Waals surface area (Å²) in [6.07, 6.45) is 1.05. The molecule has 0 amide bonds. The summed E-state index contributed by atoms with van der Waals surface area (Å²) in [5.74, 6) is 0. The molecule has 0 N–H and O–H groups in total. The van der Waals surface area contributed by atoms with Gasteiger partial charge in [0.25, 0.3) is 0 Å². The average Bonchev–Trinajstić information content (AvgIpc) is 3.12. The van der Waals surface area contributed by atoms with Crippen LogP contribution >= 0.6 is 0 Å². The van der Waals surface area contributed by atoms with Crippen LogP contribution in [0.2, 0.25) is 6.04 Å². The van der Waals surface area contributed by atoms with Gasteiger partial charge in [-0.05, 0) is 12.1 Å². The van der Waals surface area contributed by atoms with Crippen molar-refractivity contribution in [3.05, 3.63) is 109 Å². The first kappa shape index (κ1) is 18.0. The molecule has 1 heterocycles. The number of rotatable bonds is 5. The number of para-hydroxylation sites is 2. The summed E-state index contributed by atoms with van der Waals surface area (Å²) >= 11 is 0. The summed E-state index contributed by atoms with van der Waals surface area (Å²) < 4.78 is 2.58. The van der Waals surface area contributed by atoms with Crippen molar-refractivity contribution in [2.24, 2.45) is 0 Å². The standard InChI is InChI=1S/C27H25NSi/c1-2-29(22-13-5-3-6-14-22,23-15-7-4-8-16-23)21-28-26-19-11-9-17-24(26)25-18-10-12-20-27(25)28/h3-20H,2,21H2,1H3. The van der Waals surface area contributed by atoms with Gasteiger partial charge in [0.05, 0.1) is 0 Å². The summed E-state index contributed by atoms with van der Waals surface area (Å²) in [6.45, 7) is 2.38. The van der Waals surface area contributed by atoms with Crippen molar-refractivity contribution < 1.29 is 0 Å². The molecule has 29 heavy (non-hydrogen) atoms. The molecule has 1 aromatic heterocycles. The minimum atomic E-state index is -2.00. The molecule has 0 aliphatic carbocycles. The van der Waals surface area contributed by atoms with Crippen LogP contribution in [0.4, 0.5) is 0 Å². The highest BCUT2D eigenvalue weighted by Crippen LogP contribution is 2.30. The molecule has 4 aromatic carbocycles. The van der Waals surface area contributed by atoms with Crippen LogP contribution in [0.5, 0.6) is 0 Å². The van der Waals surface area contributed by atoms with E-state index in [4.69, 9.17) is 0 Å². The maximum absolute atomic E-state index is 2.58. The summed E-state index contributed by atoms with van der Waals surface area (Å²) in [5.41, 5.74) is 2.68. The fraction of sp³-hybridized carbons (Fsp3) is 0.111. The van der Waals surface area contributed by atoms with Gasteiger partial charge in [0.15, 0.2) is 0 Å². The molecule has 0 radical (unpaired) electrons. The summed E-state index contributed by atoms with van der Waals surface area (Å²) in [7, 11) is -2.00. The smallest absolute Gasteiger partial charge is 0.137 e. The van der Waals surface area contributed by atoms with Crippen LogP contribution in [0.15, 0.2) is 109 Å². The van der Waals surface area contributed by atoms with Crippen molar-refractivity contribution >= 4 is 40.3 Å². The predicted octanol–water partition coefficient (Wildman–Crippen LogP) is 5.62. The van der Waals surface area contributed by atoms with E-state index in [-0.39, 0.29) is 0 Å². The second kappa shape index (κ2) is 7.38. The molecule has 142 valence electrons. The molecule has 0 unspecified atom stereocenters. The number of fused-ring (bicyclic) bond motifs is 3. The number of hydrogen-bond acceptors (Lipinski definition) is 0. The number of aromatic nitrogens is 1. The molecule has 1 nitrogen and oxygen atoms in total. The third kappa shape index (κ3) is 2.92. The normalized spacial score (nSPS) is 11.9. The van der Waals surface area contributed by atoms with E-state index in [9.17, 15) is 0 Å². The van der Waals surface area contributed by atoms with E-state index in [1.807, 2.05) is 0 Å². The molecule has 5 rings (SSSR count). The lowest BCUT2D eigenvalue weighted by Gasteiger charge is -2.33. The Morgan fingerprint density at radius 1 is 0.552 bits per heavy atom. The molecule has 0 spiro atoms. The van der Waals surface area contributed by atoms with E-state index in [2.05, 4.69) is 121 Å². The van der Waals surface area contributed by atoms with Crippen LogP contribution in [0.1, 0.15) is 6.92 Å².